The zero-order valence-electron chi connectivity index (χ0n) is 9.94. The Morgan fingerprint density at radius 2 is 2.12 bits per heavy atom. The monoisotopic (exact) mass is 214 g/mol. The van der Waals surface area contributed by atoms with Crippen molar-refractivity contribution in [1.29, 1.82) is 0 Å². The lowest BCUT2D eigenvalue weighted by molar-refractivity contribution is 0.323. The minimum absolute atomic E-state index is 0.192. The molecule has 83 valence electrons. The van der Waals surface area contributed by atoms with E-state index in [4.69, 9.17) is 0 Å². The van der Waals surface area contributed by atoms with E-state index in [0.29, 0.717) is 0 Å². The van der Waals surface area contributed by atoms with E-state index in [1.807, 2.05) is 28.9 Å². The van der Waals surface area contributed by atoms with Gasteiger partial charge in [-0.05, 0) is 11.5 Å². The molecular formula is C13H16N3. The molecule has 1 radical (unpaired) electrons. The van der Waals surface area contributed by atoms with Crippen LogP contribution in [0.25, 0.3) is 11.3 Å². The van der Waals surface area contributed by atoms with Crippen molar-refractivity contribution in [2.75, 3.05) is 0 Å². The first-order chi connectivity index (χ1) is 7.56. The maximum Gasteiger partial charge on any atom is 0.0891 e. The van der Waals surface area contributed by atoms with Crippen LogP contribution in [0, 0.1) is 11.5 Å². The number of aromatic nitrogens is 3. The molecule has 0 N–H and O–H groups in total. The highest BCUT2D eigenvalue weighted by atomic mass is 15.4. The van der Waals surface area contributed by atoms with Gasteiger partial charge in [0.15, 0.2) is 0 Å². The summed E-state index contributed by atoms with van der Waals surface area (Å²) in [6, 6.07) is 11.1. The number of rotatable bonds is 2. The fourth-order valence-corrected chi connectivity index (χ4v) is 1.59. The van der Waals surface area contributed by atoms with E-state index in [1.54, 1.807) is 6.20 Å². The van der Waals surface area contributed by atoms with Crippen LogP contribution in [-0.2, 0) is 6.54 Å². The highest BCUT2D eigenvalue weighted by Crippen LogP contribution is 2.21. The number of nitrogens with zero attached hydrogens (tertiary/aromatic N) is 3. The second-order valence-corrected chi connectivity index (χ2v) is 5.11. The molecule has 0 fully saturated rings. The largest absolute Gasteiger partial charge is 0.244 e. The van der Waals surface area contributed by atoms with Gasteiger partial charge in [-0.1, -0.05) is 50.3 Å². The van der Waals surface area contributed by atoms with Crippen molar-refractivity contribution in [3.8, 4) is 11.3 Å². The smallest absolute Gasteiger partial charge is 0.0891 e. The number of hydrogen-bond donors (Lipinski definition) is 0. The van der Waals surface area contributed by atoms with Crippen LogP contribution in [-0.4, -0.2) is 15.0 Å². The van der Waals surface area contributed by atoms with Crippen LogP contribution in [0.1, 0.15) is 20.8 Å². The lowest BCUT2D eigenvalue weighted by atomic mass is 9.97. The molecule has 0 amide bonds. The van der Waals surface area contributed by atoms with E-state index in [2.05, 4.69) is 37.1 Å². The quantitative estimate of drug-likeness (QED) is 0.769. The minimum Gasteiger partial charge on any atom is -0.244 e. The average molecular weight is 214 g/mol. The molecule has 1 aromatic heterocycles. The third-order valence-corrected chi connectivity index (χ3v) is 2.23. The third kappa shape index (κ3) is 2.48. The molecular weight excluding hydrogens is 198 g/mol. The Bertz CT molecular complexity index is 452. The van der Waals surface area contributed by atoms with E-state index in [9.17, 15) is 0 Å². The second-order valence-electron chi connectivity index (χ2n) is 5.11. The predicted octanol–water partition coefficient (Wildman–Crippen LogP) is 2.79. The minimum atomic E-state index is 0.192. The molecule has 16 heavy (non-hydrogen) atoms. The normalized spacial score (nSPS) is 11.7. The lowest BCUT2D eigenvalue weighted by Gasteiger charge is -2.18. The summed E-state index contributed by atoms with van der Waals surface area (Å²) >= 11 is 0. The summed E-state index contributed by atoms with van der Waals surface area (Å²) in [4.78, 5) is 0. The molecule has 0 aliphatic carbocycles. The van der Waals surface area contributed by atoms with Gasteiger partial charge in [0.25, 0.3) is 0 Å². The van der Waals surface area contributed by atoms with Crippen molar-refractivity contribution < 1.29 is 0 Å². The summed E-state index contributed by atoms with van der Waals surface area (Å²) < 4.78 is 1.94. The molecule has 2 rings (SSSR count). The fourth-order valence-electron chi connectivity index (χ4n) is 1.59. The van der Waals surface area contributed by atoms with E-state index in [-0.39, 0.29) is 5.41 Å². The van der Waals surface area contributed by atoms with Crippen LogP contribution in [0.4, 0.5) is 0 Å². The summed E-state index contributed by atoms with van der Waals surface area (Å²) in [6.07, 6.45) is 1.79. The Hall–Kier alpha value is -1.64. The summed E-state index contributed by atoms with van der Waals surface area (Å²) in [6.45, 7) is 7.42. The maximum absolute atomic E-state index is 4.12. The van der Waals surface area contributed by atoms with Gasteiger partial charge in [0.2, 0.25) is 0 Å². The van der Waals surface area contributed by atoms with Gasteiger partial charge in [-0.25, -0.2) is 4.68 Å². The van der Waals surface area contributed by atoms with Gasteiger partial charge >= 0.3 is 0 Å². The van der Waals surface area contributed by atoms with Crippen LogP contribution in [0.3, 0.4) is 0 Å². The summed E-state index contributed by atoms with van der Waals surface area (Å²) in [5.41, 5.74) is 2.25. The third-order valence-electron chi connectivity index (χ3n) is 2.23. The van der Waals surface area contributed by atoms with Gasteiger partial charge in [-0.3, -0.25) is 0 Å². The van der Waals surface area contributed by atoms with Gasteiger partial charge in [-0.2, -0.15) is 0 Å². The van der Waals surface area contributed by atoms with Crippen LogP contribution in [0.5, 0.6) is 0 Å². The van der Waals surface area contributed by atoms with Crippen LogP contribution < -0.4 is 0 Å². The van der Waals surface area contributed by atoms with Crippen molar-refractivity contribution in [2.45, 2.75) is 27.3 Å². The molecule has 1 aromatic carbocycles. The molecule has 3 nitrogen and oxygen atoms in total. The second kappa shape index (κ2) is 4.08. The van der Waals surface area contributed by atoms with Crippen molar-refractivity contribution >= 4 is 0 Å². The molecule has 3 heteroatoms. The van der Waals surface area contributed by atoms with Crippen molar-refractivity contribution in [3.63, 3.8) is 0 Å². The predicted molar refractivity (Wildman–Crippen MR) is 63.7 cm³/mol. The molecule has 0 unspecified atom stereocenters. The van der Waals surface area contributed by atoms with Gasteiger partial charge in [0.05, 0.1) is 11.9 Å². The average Bonchev–Trinajstić information content (AvgIpc) is 2.64. The van der Waals surface area contributed by atoms with E-state index < -0.39 is 0 Å². The van der Waals surface area contributed by atoms with Crippen molar-refractivity contribution in [2.24, 2.45) is 5.41 Å². The Kier molecular flexibility index (Phi) is 2.77. The molecule has 0 aliphatic rings. The zero-order valence-corrected chi connectivity index (χ0v) is 9.94. The van der Waals surface area contributed by atoms with Crippen LogP contribution in [0.15, 0.2) is 30.5 Å². The topological polar surface area (TPSA) is 30.7 Å². The highest BCUT2D eigenvalue weighted by molar-refractivity contribution is 5.57. The van der Waals surface area contributed by atoms with Gasteiger partial charge in [0, 0.05) is 12.1 Å². The van der Waals surface area contributed by atoms with Gasteiger partial charge < -0.3 is 0 Å². The summed E-state index contributed by atoms with van der Waals surface area (Å²) in [5, 5.41) is 8.10. The van der Waals surface area contributed by atoms with Crippen molar-refractivity contribution in [1.82, 2.24) is 15.0 Å². The first-order valence-electron chi connectivity index (χ1n) is 5.42. The standard InChI is InChI=1S/C13H16N3/c1-13(2,3)10-16-12(9-14-15-16)11-7-5-4-6-8-11/h4-7,9H,10H2,1-3H3. The highest BCUT2D eigenvalue weighted by Gasteiger charge is 2.15. The number of hydrogen-bond acceptors (Lipinski definition) is 2. The Labute approximate surface area is 96.1 Å². The van der Waals surface area contributed by atoms with Crippen LogP contribution in [0.2, 0.25) is 0 Å². The first-order valence-corrected chi connectivity index (χ1v) is 5.42. The SMILES string of the molecule is CC(C)(C)Cn1nncc1-c1[c]cccc1. The molecule has 2 aromatic rings. The molecule has 0 atom stereocenters. The van der Waals surface area contributed by atoms with E-state index >= 15 is 0 Å². The summed E-state index contributed by atoms with van der Waals surface area (Å²) in [5.74, 6) is 0. The van der Waals surface area contributed by atoms with Crippen molar-refractivity contribution in [3.05, 3.63) is 36.5 Å². The molecule has 0 spiro atoms. The van der Waals surface area contributed by atoms with E-state index in [1.165, 1.54) is 0 Å². The Morgan fingerprint density at radius 1 is 1.31 bits per heavy atom. The fraction of sp³-hybridized carbons (Fsp3) is 0.385. The summed E-state index contributed by atoms with van der Waals surface area (Å²) in [7, 11) is 0. The Morgan fingerprint density at radius 3 is 2.75 bits per heavy atom. The molecule has 0 bridgehead atoms. The first kappa shape index (κ1) is 10.9. The van der Waals surface area contributed by atoms with Gasteiger partial charge in [-0.15, -0.1) is 5.10 Å². The lowest BCUT2D eigenvalue weighted by Crippen LogP contribution is -2.17. The molecule has 0 saturated heterocycles. The molecule has 1 heterocycles. The molecule has 0 saturated carbocycles. The number of benzene rings is 1. The van der Waals surface area contributed by atoms with Gasteiger partial charge in [0.1, 0.15) is 0 Å². The van der Waals surface area contributed by atoms with E-state index in [0.717, 1.165) is 17.8 Å². The molecule has 0 aliphatic heterocycles. The maximum atomic E-state index is 4.12. The zero-order chi connectivity index (χ0) is 11.6. The Balaban J connectivity index is 2.33. The van der Waals surface area contributed by atoms with Crippen LogP contribution >= 0.6 is 0 Å².